The van der Waals surface area contributed by atoms with Gasteiger partial charge in [0.05, 0.1) is 18.6 Å². The second-order valence-electron chi connectivity index (χ2n) is 7.39. The van der Waals surface area contributed by atoms with Crippen LogP contribution in [0.5, 0.6) is 17.2 Å². The smallest absolute Gasteiger partial charge is 0.196 e. The highest BCUT2D eigenvalue weighted by Crippen LogP contribution is 2.34. The molecular weight excluding hydrogens is 474 g/mol. The monoisotopic (exact) mass is 493 g/mol. The maximum absolute atomic E-state index is 13.0. The average Bonchev–Trinajstić information content (AvgIpc) is 3.30. The van der Waals surface area contributed by atoms with Crippen LogP contribution in [-0.4, -0.2) is 46.6 Å². The normalized spacial score (nSPS) is 12.4. The first kappa shape index (κ1) is 22.3. The maximum atomic E-state index is 13.0. The van der Waals surface area contributed by atoms with Gasteiger partial charge in [-0.05, 0) is 42.5 Å². The number of halogens is 1. The molecule has 1 aliphatic rings. The number of carbonyl (C=O) groups is 1. The number of thioether (sulfide) groups is 1. The summed E-state index contributed by atoms with van der Waals surface area (Å²) >= 11 is 7.53. The summed E-state index contributed by atoms with van der Waals surface area (Å²) in [5.41, 5.74) is 2.12. The number of fused-ring (bicyclic) bond motifs is 1. The predicted molar refractivity (Wildman–Crippen MR) is 131 cm³/mol. The van der Waals surface area contributed by atoms with Crippen molar-refractivity contribution in [3.05, 3.63) is 77.3 Å². The third-order valence-corrected chi connectivity index (χ3v) is 6.40. The minimum Gasteiger partial charge on any atom is -0.495 e. The Labute approximate surface area is 205 Å². The standard InChI is InChI=1S/C25H20ClN3O4S/c1-31-21-8-3-2-7-19(21)29-24(17-5-4-6-18(26)13-17)27-28-25(29)34-15-20(30)16-9-10-22-23(14-16)33-12-11-32-22/h2-10,13-14H,11-12,15H2,1H3. The summed E-state index contributed by atoms with van der Waals surface area (Å²) in [6, 6.07) is 20.2. The lowest BCUT2D eigenvalue weighted by Crippen LogP contribution is -2.16. The first-order valence-corrected chi connectivity index (χ1v) is 11.9. The van der Waals surface area contributed by atoms with Gasteiger partial charge in [0.2, 0.25) is 0 Å². The van der Waals surface area contributed by atoms with E-state index in [0.29, 0.717) is 52.0 Å². The Morgan fingerprint density at radius 1 is 1.03 bits per heavy atom. The van der Waals surface area contributed by atoms with Crippen LogP contribution < -0.4 is 14.2 Å². The molecule has 1 aromatic heterocycles. The lowest BCUT2D eigenvalue weighted by molar-refractivity contribution is 0.102. The van der Waals surface area contributed by atoms with Crippen molar-refractivity contribution >= 4 is 29.1 Å². The Bertz CT molecular complexity index is 1360. The largest absolute Gasteiger partial charge is 0.495 e. The number of hydrogen-bond acceptors (Lipinski definition) is 7. The molecule has 2 heterocycles. The second-order valence-corrected chi connectivity index (χ2v) is 8.77. The Morgan fingerprint density at radius 3 is 2.68 bits per heavy atom. The van der Waals surface area contributed by atoms with Crippen molar-refractivity contribution in [1.82, 2.24) is 14.8 Å². The van der Waals surface area contributed by atoms with Gasteiger partial charge < -0.3 is 14.2 Å². The molecule has 1 aliphatic heterocycles. The van der Waals surface area contributed by atoms with E-state index >= 15 is 0 Å². The van der Waals surface area contributed by atoms with E-state index in [-0.39, 0.29) is 11.5 Å². The fourth-order valence-corrected chi connectivity index (χ4v) is 4.67. The molecular formula is C25H20ClN3O4S. The van der Waals surface area contributed by atoms with Gasteiger partial charge in [0.25, 0.3) is 0 Å². The molecule has 0 fully saturated rings. The maximum Gasteiger partial charge on any atom is 0.196 e. The Hall–Kier alpha value is -3.49. The van der Waals surface area contributed by atoms with E-state index in [0.717, 1.165) is 11.3 Å². The summed E-state index contributed by atoms with van der Waals surface area (Å²) < 4.78 is 18.6. The molecule has 5 rings (SSSR count). The Kier molecular flexibility index (Phi) is 6.42. The number of benzene rings is 3. The molecule has 0 saturated heterocycles. The summed E-state index contributed by atoms with van der Waals surface area (Å²) in [6.07, 6.45) is 0. The number of methoxy groups -OCH3 is 1. The van der Waals surface area contributed by atoms with Gasteiger partial charge in [-0.25, -0.2) is 0 Å². The van der Waals surface area contributed by atoms with E-state index in [1.165, 1.54) is 11.8 Å². The third kappa shape index (κ3) is 4.47. The van der Waals surface area contributed by atoms with Gasteiger partial charge in [0, 0.05) is 16.1 Å². The number of para-hydroxylation sites is 2. The molecule has 0 aliphatic carbocycles. The molecule has 0 radical (unpaired) electrons. The quantitative estimate of drug-likeness (QED) is 0.254. The van der Waals surface area contributed by atoms with Gasteiger partial charge in [0.1, 0.15) is 19.0 Å². The van der Waals surface area contributed by atoms with E-state index in [1.807, 2.05) is 47.0 Å². The minimum atomic E-state index is -0.0548. The van der Waals surface area contributed by atoms with Crippen LogP contribution in [0.4, 0.5) is 0 Å². The molecule has 3 aromatic carbocycles. The van der Waals surface area contributed by atoms with E-state index in [4.69, 9.17) is 25.8 Å². The van der Waals surface area contributed by atoms with E-state index in [2.05, 4.69) is 10.2 Å². The molecule has 0 amide bonds. The molecule has 172 valence electrons. The van der Waals surface area contributed by atoms with Gasteiger partial charge in [0.15, 0.2) is 28.3 Å². The second kappa shape index (κ2) is 9.79. The lowest BCUT2D eigenvalue weighted by Gasteiger charge is -2.18. The summed E-state index contributed by atoms with van der Waals surface area (Å²) in [7, 11) is 1.61. The number of nitrogens with zero attached hydrogens (tertiary/aromatic N) is 3. The van der Waals surface area contributed by atoms with Crippen molar-refractivity contribution in [2.75, 3.05) is 26.1 Å². The number of carbonyl (C=O) groups excluding carboxylic acids is 1. The van der Waals surface area contributed by atoms with Crippen LogP contribution in [0, 0.1) is 0 Å². The van der Waals surface area contributed by atoms with Gasteiger partial charge in [-0.1, -0.05) is 47.6 Å². The summed E-state index contributed by atoms with van der Waals surface area (Å²) in [5, 5.41) is 9.96. The fraction of sp³-hybridized carbons (Fsp3) is 0.160. The number of aromatic nitrogens is 3. The fourth-order valence-electron chi connectivity index (χ4n) is 3.64. The lowest BCUT2D eigenvalue weighted by atomic mass is 10.1. The molecule has 0 N–H and O–H groups in total. The van der Waals surface area contributed by atoms with Gasteiger partial charge in [-0.15, -0.1) is 10.2 Å². The number of ether oxygens (including phenoxy) is 3. The van der Waals surface area contributed by atoms with Crippen molar-refractivity contribution in [2.45, 2.75) is 5.16 Å². The molecule has 4 aromatic rings. The molecule has 0 bridgehead atoms. The first-order valence-electron chi connectivity index (χ1n) is 10.5. The van der Waals surface area contributed by atoms with E-state index in [9.17, 15) is 4.79 Å². The van der Waals surface area contributed by atoms with Crippen LogP contribution in [0.2, 0.25) is 5.02 Å². The molecule has 34 heavy (non-hydrogen) atoms. The predicted octanol–water partition coefficient (Wildman–Crippen LogP) is 5.34. The molecule has 0 saturated carbocycles. The van der Waals surface area contributed by atoms with Crippen molar-refractivity contribution < 1.29 is 19.0 Å². The zero-order valence-corrected chi connectivity index (χ0v) is 19.8. The highest BCUT2D eigenvalue weighted by molar-refractivity contribution is 7.99. The first-order chi connectivity index (χ1) is 16.6. The highest BCUT2D eigenvalue weighted by Gasteiger charge is 2.21. The molecule has 7 nitrogen and oxygen atoms in total. The van der Waals surface area contributed by atoms with Gasteiger partial charge in [-0.3, -0.25) is 9.36 Å². The van der Waals surface area contributed by atoms with Gasteiger partial charge in [-0.2, -0.15) is 0 Å². The number of ketones is 1. The topological polar surface area (TPSA) is 75.5 Å². The summed E-state index contributed by atoms with van der Waals surface area (Å²) in [4.78, 5) is 13.0. The highest BCUT2D eigenvalue weighted by atomic mass is 35.5. The van der Waals surface area contributed by atoms with Crippen LogP contribution in [0.15, 0.2) is 71.9 Å². The number of hydrogen-bond donors (Lipinski definition) is 0. The zero-order valence-electron chi connectivity index (χ0n) is 18.2. The zero-order chi connectivity index (χ0) is 23.5. The average molecular weight is 494 g/mol. The van der Waals surface area contributed by atoms with Crippen LogP contribution >= 0.6 is 23.4 Å². The summed E-state index contributed by atoms with van der Waals surface area (Å²) in [5.74, 6) is 2.61. The molecule has 9 heteroatoms. The van der Waals surface area contributed by atoms with Crippen LogP contribution in [-0.2, 0) is 0 Å². The van der Waals surface area contributed by atoms with Crippen molar-refractivity contribution in [3.8, 4) is 34.3 Å². The molecule has 0 spiro atoms. The number of rotatable bonds is 7. The van der Waals surface area contributed by atoms with Crippen molar-refractivity contribution in [3.63, 3.8) is 0 Å². The van der Waals surface area contributed by atoms with Crippen LogP contribution in [0.1, 0.15) is 10.4 Å². The Balaban J connectivity index is 1.47. The Morgan fingerprint density at radius 2 is 1.85 bits per heavy atom. The SMILES string of the molecule is COc1ccccc1-n1c(SCC(=O)c2ccc3c(c2)OCCO3)nnc1-c1cccc(Cl)c1. The van der Waals surface area contributed by atoms with Crippen molar-refractivity contribution in [1.29, 1.82) is 0 Å². The van der Waals surface area contributed by atoms with Crippen LogP contribution in [0.25, 0.3) is 17.1 Å². The van der Waals surface area contributed by atoms with Crippen molar-refractivity contribution in [2.24, 2.45) is 0 Å². The van der Waals surface area contributed by atoms with Crippen LogP contribution in [0.3, 0.4) is 0 Å². The third-order valence-electron chi connectivity index (χ3n) is 5.24. The minimum absolute atomic E-state index is 0.0548. The molecule has 0 atom stereocenters. The van der Waals surface area contributed by atoms with E-state index in [1.54, 1.807) is 31.4 Å². The number of Topliss-reactive ketones (excluding diaryl/α,β-unsaturated/α-hetero) is 1. The van der Waals surface area contributed by atoms with E-state index < -0.39 is 0 Å². The summed E-state index contributed by atoms with van der Waals surface area (Å²) in [6.45, 7) is 0.970. The molecule has 0 unspecified atom stereocenters. The van der Waals surface area contributed by atoms with Gasteiger partial charge >= 0.3 is 0 Å².